The molecule has 3 nitrogen and oxygen atoms in total. The average molecular weight is 171 g/mol. The van der Waals surface area contributed by atoms with Crippen LogP contribution in [0.15, 0.2) is 18.2 Å². The molecule has 0 heterocycles. The predicted molar refractivity (Wildman–Crippen MR) is 42.1 cm³/mol. The van der Waals surface area contributed by atoms with Crippen LogP contribution in [0.3, 0.4) is 0 Å². The van der Waals surface area contributed by atoms with Crippen molar-refractivity contribution in [2.24, 2.45) is 5.73 Å². The van der Waals surface area contributed by atoms with E-state index in [9.17, 15) is 4.39 Å². The Morgan fingerprint density at radius 1 is 1.42 bits per heavy atom. The van der Waals surface area contributed by atoms with E-state index in [1.807, 2.05) is 0 Å². The summed E-state index contributed by atoms with van der Waals surface area (Å²) in [6.45, 7) is -0.275. The fourth-order valence-corrected chi connectivity index (χ4v) is 0.916. The summed E-state index contributed by atoms with van der Waals surface area (Å²) in [7, 11) is 0. The standard InChI is InChI=1S/C8H10FNO2/c9-6-1-5(8(10)4-11)2-7(12)3-6/h1-3,8,11-12H,4,10H2/t8-/m0/s1. The van der Waals surface area contributed by atoms with Crippen LogP contribution in [0, 0.1) is 5.82 Å². The van der Waals surface area contributed by atoms with Crippen molar-refractivity contribution in [3.8, 4) is 5.75 Å². The Morgan fingerprint density at radius 2 is 2.08 bits per heavy atom. The summed E-state index contributed by atoms with van der Waals surface area (Å²) in [6.07, 6.45) is 0. The van der Waals surface area contributed by atoms with Crippen molar-refractivity contribution in [2.45, 2.75) is 6.04 Å². The van der Waals surface area contributed by atoms with Gasteiger partial charge < -0.3 is 15.9 Å². The van der Waals surface area contributed by atoms with Crippen molar-refractivity contribution < 1.29 is 14.6 Å². The van der Waals surface area contributed by atoms with Gasteiger partial charge in [-0.05, 0) is 17.7 Å². The number of aliphatic hydroxyl groups is 1. The maximum Gasteiger partial charge on any atom is 0.127 e. The largest absolute Gasteiger partial charge is 0.508 e. The molecule has 0 saturated heterocycles. The number of aromatic hydroxyl groups is 1. The minimum atomic E-state index is -0.647. The molecular weight excluding hydrogens is 161 g/mol. The van der Waals surface area contributed by atoms with Gasteiger partial charge in [-0.2, -0.15) is 0 Å². The highest BCUT2D eigenvalue weighted by atomic mass is 19.1. The van der Waals surface area contributed by atoms with E-state index in [2.05, 4.69) is 0 Å². The number of hydrogen-bond acceptors (Lipinski definition) is 3. The molecule has 0 fully saturated rings. The molecule has 66 valence electrons. The summed E-state index contributed by atoms with van der Waals surface area (Å²) in [5.74, 6) is -0.747. The fourth-order valence-electron chi connectivity index (χ4n) is 0.916. The molecule has 4 N–H and O–H groups in total. The lowest BCUT2D eigenvalue weighted by atomic mass is 10.1. The maximum atomic E-state index is 12.6. The number of phenols is 1. The molecule has 0 aliphatic rings. The minimum Gasteiger partial charge on any atom is -0.508 e. The van der Waals surface area contributed by atoms with Crippen LogP contribution in [0.1, 0.15) is 11.6 Å². The lowest BCUT2D eigenvalue weighted by molar-refractivity contribution is 0.267. The van der Waals surface area contributed by atoms with E-state index in [0.29, 0.717) is 5.56 Å². The molecule has 1 aromatic rings. The highest BCUT2D eigenvalue weighted by Gasteiger charge is 2.06. The van der Waals surface area contributed by atoms with Gasteiger partial charge in [-0.3, -0.25) is 0 Å². The first-order valence-electron chi connectivity index (χ1n) is 3.49. The second-order valence-electron chi connectivity index (χ2n) is 2.53. The van der Waals surface area contributed by atoms with Crippen LogP contribution in [0.25, 0.3) is 0 Å². The van der Waals surface area contributed by atoms with Crippen LogP contribution >= 0.6 is 0 Å². The number of rotatable bonds is 2. The number of halogens is 1. The Bertz CT molecular complexity index is 258. The number of nitrogens with two attached hydrogens (primary N) is 1. The molecule has 0 aliphatic heterocycles. The molecule has 1 aromatic carbocycles. The third-order valence-corrected chi connectivity index (χ3v) is 1.53. The van der Waals surface area contributed by atoms with Gasteiger partial charge in [-0.15, -0.1) is 0 Å². The van der Waals surface area contributed by atoms with E-state index < -0.39 is 11.9 Å². The summed E-state index contributed by atoms with van der Waals surface area (Å²) in [5, 5.41) is 17.6. The van der Waals surface area contributed by atoms with E-state index in [0.717, 1.165) is 6.07 Å². The van der Waals surface area contributed by atoms with E-state index in [1.54, 1.807) is 0 Å². The number of phenolic OH excluding ortho intramolecular Hbond substituents is 1. The second kappa shape index (κ2) is 3.51. The molecular formula is C8H10FNO2. The third kappa shape index (κ3) is 1.93. The Balaban J connectivity index is 3.00. The lowest BCUT2D eigenvalue weighted by Crippen LogP contribution is -2.14. The molecule has 12 heavy (non-hydrogen) atoms. The predicted octanol–water partition coefficient (Wildman–Crippen LogP) is 0.523. The van der Waals surface area contributed by atoms with Gasteiger partial charge in [0.15, 0.2) is 0 Å². The highest BCUT2D eigenvalue weighted by Crippen LogP contribution is 2.18. The smallest absolute Gasteiger partial charge is 0.127 e. The molecule has 0 spiro atoms. The first-order valence-corrected chi connectivity index (χ1v) is 3.49. The summed E-state index contributed by atoms with van der Waals surface area (Å²) >= 11 is 0. The minimum absolute atomic E-state index is 0.186. The van der Waals surface area contributed by atoms with E-state index in [1.165, 1.54) is 12.1 Å². The normalized spacial score (nSPS) is 12.9. The first kappa shape index (κ1) is 8.96. The summed E-state index contributed by atoms with van der Waals surface area (Å²) in [6, 6.07) is 2.84. The monoisotopic (exact) mass is 171 g/mol. The Hall–Kier alpha value is -1.13. The van der Waals surface area contributed by atoms with Crippen LogP contribution in [-0.2, 0) is 0 Å². The van der Waals surface area contributed by atoms with Gasteiger partial charge in [0.05, 0.1) is 12.6 Å². The Kier molecular flexibility index (Phi) is 2.62. The number of benzene rings is 1. The van der Waals surface area contributed by atoms with Crippen LogP contribution in [-0.4, -0.2) is 16.8 Å². The van der Waals surface area contributed by atoms with Gasteiger partial charge in [-0.1, -0.05) is 0 Å². The van der Waals surface area contributed by atoms with Gasteiger partial charge in [0.1, 0.15) is 11.6 Å². The van der Waals surface area contributed by atoms with Crippen LogP contribution < -0.4 is 5.73 Å². The van der Waals surface area contributed by atoms with Gasteiger partial charge >= 0.3 is 0 Å². The molecule has 0 radical (unpaired) electrons. The Labute approximate surface area is 69.3 Å². The zero-order valence-electron chi connectivity index (χ0n) is 6.37. The van der Waals surface area contributed by atoms with Gasteiger partial charge in [-0.25, -0.2) is 4.39 Å². The average Bonchev–Trinajstić information content (AvgIpc) is 2.01. The lowest BCUT2D eigenvalue weighted by Gasteiger charge is -2.08. The highest BCUT2D eigenvalue weighted by molar-refractivity contribution is 5.30. The van der Waals surface area contributed by atoms with Crippen molar-refractivity contribution in [3.63, 3.8) is 0 Å². The van der Waals surface area contributed by atoms with Gasteiger partial charge in [0.2, 0.25) is 0 Å². The van der Waals surface area contributed by atoms with Crippen molar-refractivity contribution in [1.82, 2.24) is 0 Å². The van der Waals surface area contributed by atoms with Gasteiger partial charge in [0, 0.05) is 6.07 Å². The molecule has 0 unspecified atom stereocenters. The molecule has 0 aliphatic carbocycles. The number of hydrogen-bond donors (Lipinski definition) is 3. The summed E-state index contributed by atoms with van der Waals surface area (Å²) in [5.41, 5.74) is 5.79. The molecule has 0 aromatic heterocycles. The second-order valence-corrected chi connectivity index (χ2v) is 2.53. The molecule has 0 saturated carbocycles. The summed E-state index contributed by atoms with van der Waals surface area (Å²) < 4.78 is 12.6. The fraction of sp³-hybridized carbons (Fsp3) is 0.250. The topological polar surface area (TPSA) is 66.5 Å². The molecule has 1 atom stereocenters. The molecule has 4 heteroatoms. The van der Waals surface area contributed by atoms with E-state index >= 15 is 0 Å². The van der Waals surface area contributed by atoms with Crippen LogP contribution in [0.2, 0.25) is 0 Å². The zero-order chi connectivity index (χ0) is 9.14. The van der Waals surface area contributed by atoms with Crippen molar-refractivity contribution in [2.75, 3.05) is 6.61 Å². The zero-order valence-corrected chi connectivity index (χ0v) is 6.37. The molecule has 0 bridgehead atoms. The van der Waals surface area contributed by atoms with Crippen LogP contribution in [0.4, 0.5) is 4.39 Å². The number of aliphatic hydroxyl groups excluding tert-OH is 1. The first-order chi connectivity index (χ1) is 5.63. The molecule has 1 rings (SSSR count). The van der Waals surface area contributed by atoms with E-state index in [4.69, 9.17) is 15.9 Å². The van der Waals surface area contributed by atoms with Gasteiger partial charge in [0.25, 0.3) is 0 Å². The Morgan fingerprint density at radius 3 is 2.58 bits per heavy atom. The maximum absolute atomic E-state index is 12.6. The van der Waals surface area contributed by atoms with Crippen LogP contribution in [0.5, 0.6) is 5.75 Å². The van der Waals surface area contributed by atoms with Crippen molar-refractivity contribution in [3.05, 3.63) is 29.6 Å². The molecule has 0 amide bonds. The van der Waals surface area contributed by atoms with Crippen molar-refractivity contribution >= 4 is 0 Å². The quantitative estimate of drug-likeness (QED) is 0.607. The van der Waals surface area contributed by atoms with E-state index in [-0.39, 0.29) is 12.4 Å². The SMILES string of the molecule is N[C@@H](CO)c1cc(O)cc(F)c1. The van der Waals surface area contributed by atoms with Crippen molar-refractivity contribution in [1.29, 1.82) is 0 Å². The summed E-state index contributed by atoms with van der Waals surface area (Å²) in [4.78, 5) is 0. The third-order valence-electron chi connectivity index (χ3n) is 1.53.